The summed E-state index contributed by atoms with van der Waals surface area (Å²) in [6.45, 7) is 11.4. The van der Waals surface area contributed by atoms with Crippen LogP contribution in [0.5, 0.6) is 0 Å². The Balaban J connectivity index is 2.82. The van der Waals surface area contributed by atoms with Crippen LogP contribution in [-0.2, 0) is 10.8 Å². The average molecular weight is 267 g/mol. The molecule has 0 bridgehead atoms. The highest BCUT2D eigenvalue weighted by atomic mass is 32.2. The molecule has 0 aromatic heterocycles. The third kappa shape index (κ3) is 3.92. The Labute approximate surface area is 114 Å². The fourth-order valence-electron chi connectivity index (χ4n) is 1.85. The molecule has 0 aliphatic carbocycles. The molecule has 1 aromatic carbocycles. The third-order valence-corrected chi connectivity index (χ3v) is 5.28. The zero-order valence-corrected chi connectivity index (χ0v) is 12.9. The Morgan fingerprint density at radius 1 is 1.28 bits per heavy atom. The van der Waals surface area contributed by atoms with Gasteiger partial charge in [0, 0.05) is 10.9 Å². The molecule has 0 amide bonds. The standard InChI is InChI=1S/C15H25NOS/c1-6-9-16-13(4)14(5)18(17)15-10-11(2)7-8-12(15)3/h7-8,10,13-14,16H,6,9H2,1-5H3. The van der Waals surface area contributed by atoms with Crippen molar-refractivity contribution in [3.8, 4) is 0 Å². The van der Waals surface area contributed by atoms with Crippen LogP contribution in [0.15, 0.2) is 23.1 Å². The smallest absolute Gasteiger partial charge is 0.0576 e. The van der Waals surface area contributed by atoms with Crippen LogP contribution in [0.25, 0.3) is 0 Å². The first-order valence-corrected chi connectivity index (χ1v) is 7.89. The van der Waals surface area contributed by atoms with Gasteiger partial charge in [-0.25, -0.2) is 0 Å². The summed E-state index contributed by atoms with van der Waals surface area (Å²) in [6.07, 6.45) is 1.10. The van der Waals surface area contributed by atoms with E-state index in [1.807, 2.05) is 13.8 Å². The third-order valence-electron chi connectivity index (χ3n) is 3.32. The molecule has 0 fully saturated rings. The second-order valence-corrected chi connectivity index (χ2v) is 6.79. The van der Waals surface area contributed by atoms with Gasteiger partial charge in [0.25, 0.3) is 0 Å². The summed E-state index contributed by atoms with van der Waals surface area (Å²) < 4.78 is 12.6. The van der Waals surface area contributed by atoms with Crippen molar-refractivity contribution in [2.45, 2.75) is 57.2 Å². The molecule has 18 heavy (non-hydrogen) atoms. The van der Waals surface area contributed by atoms with Crippen LogP contribution in [0, 0.1) is 13.8 Å². The van der Waals surface area contributed by atoms with Crippen molar-refractivity contribution < 1.29 is 4.21 Å². The van der Waals surface area contributed by atoms with E-state index in [1.165, 1.54) is 5.56 Å². The number of aryl methyl sites for hydroxylation is 2. The van der Waals surface area contributed by atoms with Crippen LogP contribution in [0.2, 0.25) is 0 Å². The molecule has 0 saturated carbocycles. The lowest BCUT2D eigenvalue weighted by Crippen LogP contribution is -2.38. The monoisotopic (exact) mass is 267 g/mol. The first-order valence-electron chi connectivity index (χ1n) is 6.68. The SMILES string of the molecule is CCCNC(C)C(C)S(=O)c1cc(C)ccc1C. The quantitative estimate of drug-likeness (QED) is 0.857. The van der Waals surface area contributed by atoms with Gasteiger partial charge in [0.15, 0.2) is 0 Å². The molecule has 0 aliphatic rings. The van der Waals surface area contributed by atoms with Gasteiger partial charge in [-0.1, -0.05) is 19.1 Å². The second-order valence-electron chi connectivity index (χ2n) is 5.01. The summed E-state index contributed by atoms with van der Waals surface area (Å²) in [5.41, 5.74) is 2.29. The Hall–Kier alpha value is -0.670. The summed E-state index contributed by atoms with van der Waals surface area (Å²) in [4.78, 5) is 0.979. The van der Waals surface area contributed by atoms with Crippen LogP contribution in [0.4, 0.5) is 0 Å². The minimum absolute atomic E-state index is 0.122. The number of rotatable bonds is 6. The molecule has 1 rings (SSSR count). The number of benzene rings is 1. The second kappa shape index (κ2) is 7.05. The zero-order valence-electron chi connectivity index (χ0n) is 12.1. The normalized spacial score (nSPS) is 16.3. The van der Waals surface area contributed by atoms with Gasteiger partial charge in [-0.3, -0.25) is 4.21 Å². The van der Waals surface area contributed by atoms with Gasteiger partial charge in [-0.05, 0) is 57.9 Å². The van der Waals surface area contributed by atoms with Crippen molar-refractivity contribution >= 4 is 10.8 Å². The molecule has 0 saturated heterocycles. The van der Waals surface area contributed by atoms with Crippen LogP contribution in [0.3, 0.4) is 0 Å². The molecule has 102 valence electrons. The van der Waals surface area contributed by atoms with E-state index >= 15 is 0 Å². The van der Waals surface area contributed by atoms with Gasteiger partial charge in [0.1, 0.15) is 0 Å². The average Bonchev–Trinajstić information content (AvgIpc) is 2.37. The topological polar surface area (TPSA) is 29.1 Å². The molecule has 3 unspecified atom stereocenters. The van der Waals surface area contributed by atoms with E-state index in [0.29, 0.717) is 0 Å². The summed E-state index contributed by atoms with van der Waals surface area (Å²) in [5, 5.41) is 3.55. The van der Waals surface area contributed by atoms with E-state index < -0.39 is 10.8 Å². The Morgan fingerprint density at radius 3 is 2.56 bits per heavy atom. The van der Waals surface area contributed by atoms with E-state index in [-0.39, 0.29) is 11.3 Å². The van der Waals surface area contributed by atoms with Crippen LogP contribution >= 0.6 is 0 Å². The summed E-state index contributed by atoms with van der Waals surface area (Å²) in [7, 11) is -0.946. The Bertz CT molecular complexity index is 417. The number of hydrogen-bond acceptors (Lipinski definition) is 2. The maximum absolute atomic E-state index is 12.6. The van der Waals surface area contributed by atoms with Crippen LogP contribution in [0.1, 0.15) is 38.3 Å². The van der Waals surface area contributed by atoms with Gasteiger partial charge in [-0.2, -0.15) is 0 Å². The minimum atomic E-state index is -0.946. The fourth-order valence-corrected chi connectivity index (χ4v) is 3.40. The summed E-state index contributed by atoms with van der Waals surface area (Å²) in [5.74, 6) is 0. The van der Waals surface area contributed by atoms with E-state index in [1.54, 1.807) is 0 Å². The summed E-state index contributed by atoms with van der Waals surface area (Å²) in [6, 6.07) is 6.44. The van der Waals surface area contributed by atoms with Gasteiger partial charge in [-0.15, -0.1) is 0 Å². The van der Waals surface area contributed by atoms with E-state index in [4.69, 9.17) is 0 Å². The first-order chi connectivity index (χ1) is 8.47. The highest BCUT2D eigenvalue weighted by molar-refractivity contribution is 7.85. The molecule has 0 spiro atoms. The largest absolute Gasteiger partial charge is 0.313 e. The first kappa shape index (κ1) is 15.4. The van der Waals surface area contributed by atoms with Crippen molar-refractivity contribution in [1.29, 1.82) is 0 Å². The lowest BCUT2D eigenvalue weighted by molar-refractivity contribution is 0.531. The van der Waals surface area contributed by atoms with Crippen molar-refractivity contribution in [3.05, 3.63) is 29.3 Å². The highest BCUT2D eigenvalue weighted by Crippen LogP contribution is 2.19. The lowest BCUT2D eigenvalue weighted by atomic mass is 10.2. The molecule has 0 radical (unpaired) electrons. The van der Waals surface area contributed by atoms with E-state index in [0.717, 1.165) is 23.4 Å². The zero-order chi connectivity index (χ0) is 13.7. The fraction of sp³-hybridized carbons (Fsp3) is 0.600. The van der Waals surface area contributed by atoms with Gasteiger partial charge in [0.05, 0.1) is 16.0 Å². The minimum Gasteiger partial charge on any atom is -0.313 e. The molecule has 1 N–H and O–H groups in total. The molecule has 0 aliphatic heterocycles. The van der Waals surface area contributed by atoms with Crippen molar-refractivity contribution in [2.24, 2.45) is 0 Å². The maximum atomic E-state index is 12.6. The molecular formula is C15H25NOS. The Kier molecular flexibility index (Phi) is 6.03. The van der Waals surface area contributed by atoms with Crippen LogP contribution in [-0.4, -0.2) is 22.0 Å². The van der Waals surface area contributed by atoms with Crippen molar-refractivity contribution in [2.75, 3.05) is 6.54 Å². The molecular weight excluding hydrogens is 242 g/mol. The van der Waals surface area contributed by atoms with Gasteiger partial charge >= 0.3 is 0 Å². The van der Waals surface area contributed by atoms with Crippen molar-refractivity contribution in [1.82, 2.24) is 5.32 Å². The van der Waals surface area contributed by atoms with Crippen LogP contribution < -0.4 is 5.32 Å². The maximum Gasteiger partial charge on any atom is 0.0576 e. The predicted molar refractivity (Wildman–Crippen MR) is 79.5 cm³/mol. The highest BCUT2D eigenvalue weighted by Gasteiger charge is 2.20. The molecule has 2 nitrogen and oxygen atoms in total. The lowest BCUT2D eigenvalue weighted by Gasteiger charge is -2.21. The number of hydrogen-bond donors (Lipinski definition) is 1. The predicted octanol–water partition coefficient (Wildman–Crippen LogP) is 3.19. The van der Waals surface area contributed by atoms with Crippen molar-refractivity contribution in [3.63, 3.8) is 0 Å². The molecule has 3 heteroatoms. The molecule has 0 heterocycles. The summed E-state index contributed by atoms with van der Waals surface area (Å²) >= 11 is 0. The molecule has 3 atom stereocenters. The van der Waals surface area contributed by atoms with E-state index in [9.17, 15) is 4.21 Å². The van der Waals surface area contributed by atoms with E-state index in [2.05, 4.69) is 44.3 Å². The number of nitrogens with one attached hydrogen (secondary N) is 1. The van der Waals surface area contributed by atoms with Gasteiger partial charge in [0.2, 0.25) is 0 Å². The van der Waals surface area contributed by atoms with Gasteiger partial charge < -0.3 is 5.32 Å². The Morgan fingerprint density at radius 2 is 1.94 bits per heavy atom. The molecule has 1 aromatic rings.